The zero-order chi connectivity index (χ0) is 20.6. The Hall–Kier alpha value is -2.66. The first kappa shape index (κ1) is 21.6. The zero-order valence-electron chi connectivity index (χ0n) is 16.9. The zero-order valence-corrected chi connectivity index (χ0v) is 16.9. The van der Waals surface area contributed by atoms with E-state index in [1.807, 2.05) is 30.3 Å². The van der Waals surface area contributed by atoms with Gasteiger partial charge in [-0.05, 0) is 44.9 Å². The molecule has 5 heteroatoms. The molecule has 0 aromatic heterocycles. The first-order valence-corrected chi connectivity index (χ1v) is 9.52. The molecule has 0 radical (unpaired) electrons. The number of Topliss-reactive ketones (excluding diaryl/α,β-unsaturated/α-hetero) is 1. The largest absolute Gasteiger partial charge is 0.494 e. The second kappa shape index (κ2) is 10.0. The number of rotatable bonds is 10. The van der Waals surface area contributed by atoms with E-state index in [9.17, 15) is 14.7 Å². The SMILES string of the molecule is CC(=O)c1cccc(OCCCC(=O)N(Cc2ccccc2)CC(C)(C)O)c1. The fourth-order valence-corrected chi connectivity index (χ4v) is 2.88. The van der Waals surface area contributed by atoms with Gasteiger partial charge in [0.2, 0.25) is 5.91 Å². The number of amides is 1. The molecule has 0 saturated carbocycles. The fraction of sp³-hybridized carbons (Fsp3) is 0.391. The van der Waals surface area contributed by atoms with E-state index in [1.54, 1.807) is 43.0 Å². The Kier molecular flexibility index (Phi) is 7.76. The molecule has 5 nitrogen and oxygen atoms in total. The summed E-state index contributed by atoms with van der Waals surface area (Å²) in [6, 6.07) is 16.8. The van der Waals surface area contributed by atoms with Crippen LogP contribution in [0.15, 0.2) is 54.6 Å². The molecule has 0 aliphatic carbocycles. The number of carbonyl (C=O) groups is 2. The van der Waals surface area contributed by atoms with Gasteiger partial charge in [-0.3, -0.25) is 9.59 Å². The van der Waals surface area contributed by atoms with E-state index in [0.717, 1.165) is 5.56 Å². The molecule has 0 fully saturated rings. The summed E-state index contributed by atoms with van der Waals surface area (Å²) in [6.45, 7) is 6.02. The number of hydrogen-bond donors (Lipinski definition) is 1. The van der Waals surface area contributed by atoms with E-state index in [-0.39, 0.29) is 18.2 Å². The Labute approximate surface area is 166 Å². The minimum atomic E-state index is -0.964. The van der Waals surface area contributed by atoms with E-state index in [1.165, 1.54) is 6.92 Å². The van der Waals surface area contributed by atoms with Gasteiger partial charge < -0.3 is 14.7 Å². The summed E-state index contributed by atoms with van der Waals surface area (Å²) >= 11 is 0. The van der Waals surface area contributed by atoms with Crippen LogP contribution in [0.2, 0.25) is 0 Å². The van der Waals surface area contributed by atoms with Crippen molar-refractivity contribution in [2.24, 2.45) is 0 Å². The van der Waals surface area contributed by atoms with Gasteiger partial charge in [-0.2, -0.15) is 0 Å². The first-order valence-electron chi connectivity index (χ1n) is 9.52. The maximum absolute atomic E-state index is 12.7. The van der Waals surface area contributed by atoms with Gasteiger partial charge in [-0.25, -0.2) is 0 Å². The highest BCUT2D eigenvalue weighted by molar-refractivity contribution is 5.94. The number of aliphatic hydroxyl groups is 1. The highest BCUT2D eigenvalue weighted by Gasteiger charge is 2.22. The number of nitrogens with zero attached hydrogens (tertiary/aromatic N) is 1. The summed E-state index contributed by atoms with van der Waals surface area (Å²) in [5.41, 5.74) is 0.666. The summed E-state index contributed by atoms with van der Waals surface area (Å²) < 4.78 is 5.67. The lowest BCUT2D eigenvalue weighted by molar-refractivity contribution is -0.135. The van der Waals surface area contributed by atoms with E-state index in [0.29, 0.717) is 37.3 Å². The average molecular weight is 383 g/mol. The molecule has 2 aromatic carbocycles. The normalized spacial score (nSPS) is 11.1. The molecule has 2 aromatic rings. The van der Waals surface area contributed by atoms with Crippen LogP contribution in [0, 0.1) is 0 Å². The lowest BCUT2D eigenvalue weighted by Gasteiger charge is -2.29. The minimum Gasteiger partial charge on any atom is -0.494 e. The van der Waals surface area contributed by atoms with Crippen molar-refractivity contribution in [2.75, 3.05) is 13.2 Å². The molecule has 0 saturated heterocycles. The van der Waals surface area contributed by atoms with E-state index in [4.69, 9.17) is 4.74 Å². The maximum Gasteiger partial charge on any atom is 0.223 e. The molecular weight excluding hydrogens is 354 g/mol. The predicted molar refractivity (Wildman–Crippen MR) is 109 cm³/mol. The number of hydrogen-bond acceptors (Lipinski definition) is 4. The quantitative estimate of drug-likeness (QED) is 0.500. The number of ketones is 1. The second-order valence-corrected chi connectivity index (χ2v) is 7.58. The summed E-state index contributed by atoms with van der Waals surface area (Å²) in [5, 5.41) is 10.2. The van der Waals surface area contributed by atoms with Crippen LogP contribution in [0.1, 0.15) is 49.5 Å². The van der Waals surface area contributed by atoms with Crippen molar-refractivity contribution in [3.63, 3.8) is 0 Å². The summed E-state index contributed by atoms with van der Waals surface area (Å²) in [6.07, 6.45) is 0.885. The first-order chi connectivity index (χ1) is 13.2. The van der Waals surface area contributed by atoms with Gasteiger partial charge in [-0.1, -0.05) is 42.5 Å². The van der Waals surface area contributed by atoms with E-state index >= 15 is 0 Å². The molecule has 150 valence electrons. The van der Waals surface area contributed by atoms with Crippen LogP contribution in [0.3, 0.4) is 0 Å². The van der Waals surface area contributed by atoms with Crippen molar-refractivity contribution in [1.29, 1.82) is 0 Å². The Morgan fingerprint density at radius 3 is 2.43 bits per heavy atom. The van der Waals surface area contributed by atoms with E-state index in [2.05, 4.69) is 0 Å². The van der Waals surface area contributed by atoms with Crippen LogP contribution >= 0.6 is 0 Å². The van der Waals surface area contributed by atoms with Gasteiger partial charge in [0.15, 0.2) is 5.78 Å². The highest BCUT2D eigenvalue weighted by atomic mass is 16.5. The van der Waals surface area contributed by atoms with E-state index < -0.39 is 5.60 Å². The van der Waals surface area contributed by atoms with Crippen molar-refractivity contribution < 1.29 is 19.4 Å². The highest BCUT2D eigenvalue weighted by Crippen LogP contribution is 2.15. The molecule has 0 aliphatic heterocycles. The Bertz CT molecular complexity index is 781. The van der Waals surface area contributed by atoms with Crippen molar-refractivity contribution in [3.8, 4) is 5.75 Å². The van der Waals surface area contributed by atoms with Gasteiger partial charge in [0.25, 0.3) is 0 Å². The molecular formula is C23H29NO4. The molecule has 0 heterocycles. The van der Waals surface area contributed by atoms with Gasteiger partial charge >= 0.3 is 0 Å². The third-order valence-corrected chi connectivity index (χ3v) is 4.19. The monoisotopic (exact) mass is 383 g/mol. The lowest BCUT2D eigenvalue weighted by Crippen LogP contribution is -2.41. The van der Waals surface area contributed by atoms with Crippen LogP contribution in [0.4, 0.5) is 0 Å². The van der Waals surface area contributed by atoms with Gasteiger partial charge in [0, 0.05) is 25.1 Å². The van der Waals surface area contributed by atoms with Gasteiger partial charge in [-0.15, -0.1) is 0 Å². The Morgan fingerprint density at radius 1 is 1.07 bits per heavy atom. The number of carbonyl (C=O) groups excluding carboxylic acids is 2. The van der Waals surface area contributed by atoms with Crippen LogP contribution in [0.25, 0.3) is 0 Å². The van der Waals surface area contributed by atoms with Crippen LogP contribution in [0.5, 0.6) is 5.75 Å². The topological polar surface area (TPSA) is 66.8 Å². The standard InChI is InChI=1S/C23H29NO4/c1-18(25)20-11-7-12-21(15-20)28-14-8-13-22(26)24(17-23(2,3)27)16-19-9-5-4-6-10-19/h4-7,9-12,15,27H,8,13-14,16-17H2,1-3H3. The van der Waals surface area contributed by atoms with Crippen LogP contribution < -0.4 is 4.74 Å². The minimum absolute atomic E-state index is 0.0104. The Morgan fingerprint density at radius 2 is 1.79 bits per heavy atom. The van der Waals surface area contributed by atoms with Crippen molar-refractivity contribution in [3.05, 3.63) is 65.7 Å². The molecule has 0 bridgehead atoms. The summed E-state index contributed by atoms with van der Waals surface area (Å²) in [7, 11) is 0. The third kappa shape index (κ3) is 7.53. The average Bonchev–Trinajstić information content (AvgIpc) is 2.64. The van der Waals surface area contributed by atoms with Crippen molar-refractivity contribution in [1.82, 2.24) is 4.90 Å². The Balaban J connectivity index is 1.88. The van der Waals surface area contributed by atoms with Crippen LogP contribution in [-0.4, -0.2) is 40.4 Å². The molecule has 1 amide bonds. The van der Waals surface area contributed by atoms with Gasteiger partial charge in [0.05, 0.1) is 12.2 Å². The molecule has 2 rings (SSSR count). The molecule has 0 unspecified atom stereocenters. The second-order valence-electron chi connectivity index (χ2n) is 7.58. The molecule has 28 heavy (non-hydrogen) atoms. The molecule has 0 aliphatic rings. The smallest absolute Gasteiger partial charge is 0.223 e. The molecule has 0 atom stereocenters. The number of benzene rings is 2. The summed E-state index contributed by atoms with van der Waals surface area (Å²) in [4.78, 5) is 25.8. The summed E-state index contributed by atoms with van der Waals surface area (Å²) in [5.74, 6) is 0.591. The fourth-order valence-electron chi connectivity index (χ4n) is 2.88. The van der Waals surface area contributed by atoms with Gasteiger partial charge in [0.1, 0.15) is 5.75 Å². The molecule has 0 spiro atoms. The third-order valence-electron chi connectivity index (χ3n) is 4.19. The molecule has 1 N–H and O–H groups in total. The maximum atomic E-state index is 12.7. The van der Waals surface area contributed by atoms with Crippen molar-refractivity contribution in [2.45, 2.75) is 45.8 Å². The van der Waals surface area contributed by atoms with Crippen molar-refractivity contribution >= 4 is 11.7 Å². The lowest BCUT2D eigenvalue weighted by atomic mass is 10.1. The predicted octanol–water partition coefficient (Wildman–Crippen LogP) is 3.85. The number of ether oxygens (including phenoxy) is 1. The van der Waals surface area contributed by atoms with Crippen LogP contribution in [-0.2, 0) is 11.3 Å².